The van der Waals surface area contributed by atoms with Crippen LogP contribution < -0.4 is 4.74 Å². The Bertz CT molecular complexity index is 903. The van der Waals surface area contributed by atoms with Crippen LogP contribution in [0.15, 0.2) is 60.2 Å². The van der Waals surface area contributed by atoms with Gasteiger partial charge in [0.15, 0.2) is 6.29 Å². The first kappa shape index (κ1) is 20.6. The van der Waals surface area contributed by atoms with E-state index in [1.165, 1.54) is 26.2 Å². The first-order valence-electron chi connectivity index (χ1n) is 9.05. The van der Waals surface area contributed by atoms with Crippen LogP contribution in [0.4, 0.5) is 0 Å². The maximum Gasteiger partial charge on any atom is 0.295 e. The van der Waals surface area contributed by atoms with Crippen LogP contribution >= 0.6 is 0 Å². The van der Waals surface area contributed by atoms with E-state index in [0.717, 1.165) is 0 Å². The van der Waals surface area contributed by atoms with Crippen LogP contribution in [0.3, 0.4) is 0 Å². The summed E-state index contributed by atoms with van der Waals surface area (Å²) in [5, 5.41) is 10.9. The lowest BCUT2D eigenvalue weighted by atomic mass is 9.95. The predicted molar refractivity (Wildman–Crippen MR) is 106 cm³/mol. The first-order chi connectivity index (χ1) is 14.0. The second-order valence-electron chi connectivity index (χ2n) is 6.49. The summed E-state index contributed by atoms with van der Waals surface area (Å²) in [6.07, 6.45) is -0.708. The summed E-state index contributed by atoms with van der Waals surface area (Å²) in [7, 11) is 4.46. The number of carbonyl (C=O) groups is 2. The van der Waals surface area contributed by atoms with E-state index in [4.69, 9.17) is 14.2 Å². The molecule has 7 nitrogen and oxygen atoms in total. The van der Waals surface area contributed by atoms with Gasteiger partial charge in [0, 0.05) is 19.8 Å². The molecule has 0 saturated carbocycles. The number of hydrogen-bond acceptors (Lipinski definition) is 6. The van der Waals surface area contributed by atoms with E-state index in [1.807, 2.05) is 18.2 Å². The molecule has 3 rings (SSSR count). The van der Waals surface area contributed by atoms with Crippen molar-refractivity contribution >= 4 is 17.4 Å². The molecule has 0 aliphatic carbocycles. The molecule has 1 aliphatic heterocycles. The number of nitrogens with zero attached hydrogens (tertiary/aromatic N) is 1. The van der Waals surface area contributed by atoms with Crippen LogP contribution in [-0.4, -0.2) is 55.9 Å². The second-order valence-corrected chi connectivity index (χ2v) is 6.49. The van der Waals surface area contributed by atoms with Crippen LogP contribution in [-0.2, 0) is 19.1 Å². The number of ketones is 1. The SMILES string of the molecule is COc1ccc(/C(O)=C2/C(=O)C(=O)N(CC(OC)OC)C2c2ccccc2)cc1. The molecule has 2 aromatic rings. The highest BCUT2D eigenvalue weighted by Crippen LogP contribution is 2.39. The van der Waals surface area contributed by atoms with Gasteiger partial charge in [-0.05, 0) is 29.8 Å². The van der Waals surface area contributed by atoms with Gasteiger partial charge in [0.2, 0.25) is 0 Å². The minimum absolute atomic E-state index is 0.0253. The lowest BCUT2D eigenvalue weighted by Gasteiger charge is -2.28. The van der Waals surface area contributed by atoms with Gasteiger partial charge in [-0.1, -0.05) is 30.3 Å². The summed E-state index contributed by atoms with van der Waals surface area (Å²) in [6.45, 7) is 0.0382. The molecule has 2 aromatic carbocycles. The molecule has 152 valence electrons. The quantitative estimate of drug-likeness (QED) is 0.335. The van der Waals surface area contributed by atoms with Crippen LogP contribution in [0, 0.1) is 0 Å². The lowest BCUT2D eigenvalue weighted by Crippen LogP contribution is -2.38. The largest absolute Gasteiger partial charge is 0.507 e. The molecule has 0 radical (unpaired) electrons. The number of hydrogen-bond donors (Lipinski definition) is 1. The zero-order chi connectivity index (χ0) is 21.0. The summed E-state index contributed by atoms with van der Waals surface area (Å²) in [6, 6.07) is 14.9. The van der Waals surface area contributed by atoms with Gasteiger partial charge in [0.1, 0.15) is 11.5 Å². The van der Waals surface area contributed by atoms with Gasteiger partial charge in [-0.2, -0.15) is 0 Å². The third-order valence-electron chi connectivity index (χ3n) is 4.89. The van der Waals surface area contributed by atoms with Gasteiger partial charge in [-0.3, -0.25) is 9.59 Å². The zero-order valence-electron chi connectivity index (χ0n) is 16.5. The summed E-state index contributed by atoms with van der Waals surface area (Å²) >= 11 is 0. The molecular weight excluding hydrogens is 374 g/mol. The zero-order valence-corrected chi connectivity index (χ0v) is 16.5. The van der Waals surface area contributed by atoms with Gasteiger partial charge in [-0.15, -0.1) is 0 Å². The molecule has 1 heterocycles. The molecule has 1 saturated heterocycles. The number of benzene rings is 2. The second kappa shape index (κ2) is 8.89. The molecule has 0 bridgehead atoms. The van der Waals surface area contributed by atoms with E-state index in [9.17, 15) is 14.7 Å². The van der Waals surface area contributed by atoms with Crippen molar-refractivity contribution < 1.29 is 28.9 Å². The Labute approximate surface area is 169 Å². The van der Waals surface area contributed by atoms with Crippen molar-refractivity contribution in [1.82, 2.24) is 4.90 Å². The summed E-state index contributed by atoms with van der Waals surface area (Å²) in [5.74, 6) is -1.09. The molecule has 1 atom stereocenters. The number of ether oxygens (including phenoxy) is 3. The topological polar surface area (TPSA) is 85.3 Å². The molecular formula is C22H23NO6. The van der Waals surface area contributed by atoms with Gasteiger partial charge in [0.05, 0.1) is 25.3 Å². The number of methoxy groups -OCH3 is 3. The van der Waals surface area contributed by atoms with Gasteiger partial charge in [0.25, 0.3) is 11.7 Å². The molecule has 1 amide bonds. The van der Waals surface area contributed by atoms with E-state index in [-0.39, 0.29) is 17.9 Å². The standard InChI is InChI=1S/C22H23NO6/c1-27-16-11-9-15(10-12-16)20(24)18-19(14-7-5-4-6-8-14)23(22(26)21(18)25)13-17(28-2)29-3/h4-12,17,19,24H,13H2,1-3H3/b20-18-. The fourth-order valence-electron chi connectivity index (χ4n) is 3.36. The average molecular weight is 397 g/mol. The summed E-state index contributed by atoms with van der Waals surface area (Å²) < 4.78 is 15.6. The Morgan fingerprint density at radius 2 is 1.62 bits per heavy atom. The maximum absolute atomic E-state index is 12.9. The monoisotopic (exact) mass is 397 g/mol. The highest BCUT2D eigenvalue weighted by Gasteiger charge is 2.46. The molecule has 1 fully saturated rings. The molecule has 1 aliphatic rings. The number of Topliss-reactive ketones (excluding diaryl/α,β-unsaturated/α-hetero) is 1. The molecule has 1 N–H and O–H groups in total. The number of carbonyl (C=O) groups excluding carboxylic acids is 2. The third kappa shape index (κ3) is 4.01. The Kier molecular flexibility index (Phi) is 6.31. The van der Waals surface area contributed by atoms with Crippen molar-refractivity contribution in [3.05, 3.63) is 71.3 Å². The Balaban J connectivity index is 2.12. The molecule has 7 heteroatoms. The maximum atomic E-state index is 12.9. The van der Waals surface area contributed by atoms with E-state index in [2.05, 4.69) is 0 Å². The molecule has 0 spiro atoms. The minimum atomic E-state index is -0.758. The van der Waals surface area contributed by atoms with E-state index < -0.39 is 24.0 Å². The highest BCUT2D eigenvalue weighted by molar-refractivity contribution is 6.46. The van der Waals surface area contributed by atoms with Crippen LogP contribution in [0.5, 0.6) is 5.75 Å². The fraction of sp³-hybridized carbons (Fsp3) is 0.273. The number of amides is 1. The van der Waals surface area contributed by atoms with Crippen LogP contribution in [0.25, 0.3) is 5.76 Å². The highest BCUT2D eigenvalue weighted by atomic mass is 16.7. The smallest absolute Gasteiger partial charge is 0.295 e. The first-order valence-corrected chi connectivity index (χ1v) is 9.05. The normalized spacial score (nSPS) is 18.5. The Morgan fingerprint density at radius 3 is 2.17 bits per heavy atom. The fourth-order valence-corrected chi connectivity index (χ4v) is 3.36. The van der Waals surface area contributed by atoms with Gasteiger partial charge < -0.3 is 24.2 Å². The number of aliphatic hydroxyl groups is 1. The summed E-state index contributed by atoms with van der Waals surface area (Å²) in [5.41, 5.74) is 1.14. The third-order valence-corrected chi connectivity index (χ3v) is 4.89. The number of likely N-dealkylation sites (tertiary alicyclic amines) is 1. The molecule has 1 unspecified atom stereocenters. The Morgan fingerprint density at radius 1 is 1.00 bits per heavy atom. The van der Waals surface area contributed by atoms with E-state index >= 15 is 0 Å². The molecule has 0 aromatic heterocycles. The van der Waals surface area contributed by atoms with E-state index in [0.29, 0.717) is 16.9 Å². The molecule has 29 heavy (non-hydrogen) atoms. The minimum Gasteiger partial charge on any atom is -0.507 e. The Hall–Kier alpha value is -3.16. The van der Waals surface area contributed by atoms with Gasteiger partial charge >= 0.3 is 0 Å². The predicted octanol–water partition coefficient (Wildman–Crippen LogP) is 2.74. The van der Waals surface area contributed by atoms with Crippen molar-refractivity contribution in [1.29, 1.82) is 0 Å². The van der Waals surface area contributed by atoms with Crippen molar-refractivity contribution in [2.75, 3.05) is 27.9 Å². The van der Waals surface area contributed by atoms with Crippen molar-refractivity contribution in [2.24, 2.45) is 0 Å². The average Bonchev–Trinajstić information content (AvgIpc) is 3.02. The number of rotatable bonds is 7. The van der Waals surface area contributed by atoms with Crippen LogP contribution in [0.1, 0.15) is 17.2 Å². The number of aliphatic hydroxyl groups excluding tert-OH is 1. The van der Waals surface area contributed by atoms with Crippen LogP contribution in [0.2, 0.25) is 0 Å². The lowest BCUT2D eigenvalue weighted by molar-refractivity contribution is -0.149. The van der Waals surface area contributed by atoms with Gasteiger partial charge in [-0.25, -0.2) is 0 Å². The summed E-state index contributed by atoms with van der Waals surface area (Å²) in [4.78, 5) is 27.0. The van der Waals surface area contributed by atoms with Crippen molar-refractivity contribution in [3.63, 3.8) is 0 Å². The van der Waals surface area contributed by atoms with E-state index in [1.54, 1.807) is 36.4 Å². The van der Waals surface area contributed by atoms with Crippen molar-refractivity contribution in [3.8, 4) is 5.75 Å². The van der Waals surface area contributed by atoms with Crippen molar-refractivity contribution in [2.45, 2.75) is 12.3 Å².